The number of nitrogens with zero attached hydrogens (tertiary/aromatic N) is 1. The first-order chi connectivity index (χ1) is 22.6. The van der Waals surface area contributed by atoms with E-state index in [1.807, 2.05) is 37.3 Å². The van der Waals surface area contributed by atoms with Crippen molar-refractivity contribution >= 4 is 51.0 Å². The summed E-state index contributed by atoms with van der Waals surface area (Å²) in [5, 5.41) is 5.93. The van der Waals surface area contributed by atoms with E-state index in [9.17, 15) is 22.8 Å². The number of imidazole rings is 1. The number of aromatic amines is 2. The van der Waals surface area contributed by atoms with Crippen LogP contribution in [-0.2, 0) is 26.0 Å². The fourth-order valence-corrected chi connectivity index (χ4v) is 8.25. The van der Waals surface area contributed by atoms with E-state index in [1.165, 1.54) is 0 Å². The number of aromatic nitrogens is 2. The van der Waals surface area contributed by atoms with Crippen molar-refractivity contribution in [3.8, 4) is 11.1 Å². The number of carbonyl (C=O) groups is 2. The molecule has 2 amide bonds. The third kappa shape index (κ3) is 7.84. The molecule has 2 aliphatic rings. The number of nitrogens with one attached hydrogen (secondary N) is 4. The second kappa shape index (κ2) is 15.1. The number of fused-ring (bicyclic) bond motifs is 1. The fraction of sp³-hybridized carbons (Fsp3) is 0.400. The topological polar surface area (TPSA) is 170 Å². The lowest BCUT2D eigenvalue weighted by molar-refractivity contribution is -0.130. The van der Waals surface area contributed by atoms with Crippen LogP contribution in [0, 0.1) is 18.8 Å². The zero-order chi connectivity index (χ0) is 33.1. The summed E-state index contributed by atoms with van der Waals surface area (Å²) in [6.07, 6.45) is 5.25. The highest BCUT2D eigenvalue weighted by Gasteiger charge is 2.30. The number of halogens is 1. The molecule has 6 N–H and O–H groups in total. The van der Waals surface area contributed by atoms with E-state index in [4.69, 9.17) is 5.73 Å². The van der Waals surface area contributed by atoms with Crippen LogP contribution >= 0.6 is 12.4 Å². The molecule has 1 aliphatic heterocycles. The van der Waals surface area contributed by atoms with E-state index in [0.717, 1.165) is 60.8 Å². The Morgan fingerprint density at radius 3 is 2.31 bits per heavy atom. The Labute approximate surface area is 286 Å². The number of benzene rings is 3. The molecule has 11 nitrogen and oxygen atoms in total. The van der Waals surface area contributed by atoms with Crippen molar-refractivity contribution in [2.24, 2.45) is 17.6 Å². The van der Waals surface area contributed by atoms with Crippen LogP contribution in [0.3, 0.4) is 0 Å². The first-order valence-corrected chi connectivity index (χ1v) is 17.8. The van der Waals surface area contributed by atoms with Gasteiger partial charge in [0.1, 0.15) is 6.04 Å². The lowest BCUT2D eigenvalue weighted by Crippen LogP contribution is -2.48. The largest absolute Gasteiger partial charge is 0.344 e. The monoisotopic (exact) mass is 694 g/mol. The molecule has 0 bridgehead atoms. The van der Waals surface area contributed by atoms with Gasteiger partial charge in [-0.15, -0.1) is 12.4 Å². The molecule has 1 atom stereocenters. The molecule has 0 spiro atoms. The molecule has 13 heteroatoms. The van der Waals surface area contributed by atoms with Crippen LogP contribution in [0.2, 0.25) is 0 Å². The van der Waals surface area contributed by atoms with Crippen LogP contribution in [0.25, 0.3) is 22.2 Å². The van der Waals surface area contributed by atoms with Crippen LogP contribution in [0.5, 0.6) is 0 Å². The third-order valence-corrected chi connectivity index (χ3v) is 11.5. The van der Waals surface area contributed by atoms with Gasteiger partial charge in [-0.3, -0.25) is 9.59 Å². The van der Waals surface area contributed by atoms with Gasteiger partial charge in [0.15, 0.2) is 0 Å². The molecule has 1 saturated carbocycles. The first-order valence-electron chi connectivity index (χ1n) is 16.3. The predicted octanol–water partition coefficient (Wildman–Crippen LogP) is 4.47. The molecule has 2 fully saturated rings. The number of aryl methyl sites for hydroxylation is 1. The summed E-state index contributed by atoms with van der Waals surface area (Å²) in [6, 6.07) is 17.1. The first kappa shape index (κ1) is 35.3. The smallest absolute Gasteiger partial charge is 0.323 e. The van der Waals surface area contributed by atoms with Crippen LogP contribution in [0.4, 0.5) is 5.69 Å². The summed E-state index contributed by atoms with van der Waals surface area (Å²) in [5.74, 6) is -0.264. The van der Waals surface area contributed by atoms with E-state index in [0.29, 0.717) is 42.3 Å². The fourth-order valence-electron chi connectivity index (χ4n) is 6.71. The molecular weight excluding hydrogens is 652 g/mol. The van der Waals surface area contributed by atoms with Crippen LogP contribution in [0.1, 0.15) is 49.7 Å². The van der Waals surface area contributed by atoms with Gasteiger partial charge >= 0.3 is 5.69 Å². The molecule has 256 valence electrons. The van der Waals surface area contributed by atoms with Crippen molar-refractivity contribution in [1.82, 2.24) is 19.6 Å². The Kier molecular flexibility index (Phi) is 11.1. The summed E-state index contributed by atoms with van der Waals surface area (Å²) >= 11 is 0. The molecule has 0 unspecified atom stereocenters. The van der Waals surface area contributed by atoms with E-state index in [-0.39, 0.29) is 47.1 Å². The van der Waals surface area contributed by atoms with Crippen LogP contribution < -0.4 is 22.1 Å². The Balaban J connectivity index is 0.00000451. The summed E-state index contributed by atoms with van der Waals surface area (Å²) in [4.78, 5) is 44.4. The van der Waals surface area contributed by atoms with Crippen molar-refractivity contribution in [1.29, 1.82) is 0 Å². The maximum atomic E-state index is 13.7. The molecule has 2 heterocycles. The summed E-state index contributed by atoms with van der Waals surface area (Å²) in [5.41, 5.74) is 10.7. The molecule has 0 radical (unpaired) electrons. The summed E-state index contributed by atoms with van der Waals surface area (Å²) < 4.78 is 28.0. The normalized spacial score (nSPS) is 19.0. The Morgan fingerprint density at radius 1 is 0.938 bits per heavy atom. The second-order valence-corrected chi connectivity index (χ2v) is 14.8. The molecule has 4 aromatic rings. The minimum Gasteiger partial charge on any atom is -0.344 e. The minimum absolute atomic E-state index is 0. The van der Waals surface area contributed by atoms with Crippen molar-refractivity contribution in [2.75, 3.05) is 25.0 Å². The van der Waals surface area contributed by atoms with Crippen molar-refractivity contribution < 1.29 is 18.0 Å². The van der Waals surface area contributed by atoms with E-state index in [1.54, 1.807) is 34.6 Å². The van der Waals surface area contributed by atoms with Crippen LogP contribution in [0.15, 0.2) is 70.4 Å². The zero-order valence-electron chi connectivity index (χ0n) is 27.0. The molecule has 3 aromatic carbocycles. The lowest BCUT2D eigenvalue weighted by Gasteiger charge is -2.28. The molecule has 1 aromatic heterocycles. The van der Waals surface area contributed by atoms with Gasteiger partial charge < -0.3 is 26.3 Å². The highest BCUT2D eigenvalue weighted by molar-refractivity contribution is 7.89. The van der Waals surface area contributed by atoms with E-state index in [2.05, 4.69) is 20.6 Å². The molecular formula is C35H43ClN6O5S. The number of sulfonamides is 1. The summed E-state index contributed by atoms with van der Waals surface area (Å²) in [7, 11) is -3.56. The van der Waals surface area contributed by atoms with Gasteiger partial charge in [-0.2, -0.15) is 4.31 Å². The average molecular weight is 695 g/mol. The number of hydrogen-bond acceptors (Lipinski definition) is 6. The quantitative estimate of drug-likeness (QED) is 0.164. The molecule has 1 aliphatic carbocycles. The molecule has 48 heavy (non-hydrogen) atoms. The number of rotatable bonds is 10. The number of amides is 2. The maximum Gasteiger partial charge on any atom is 0.323 e. The van der Waals surface area contributed by atoms with Crippen molar-refractivity contribution in [2.45, 2.75) is 62.8 Å². The van der Waals surface area contributed by atoms with E-state index >= 15 is 0 Å². The number of carbonyl (C=O) groups excluding carboxylic acids is 2. The number of anilines is 1. The van der Waals surface area contributed by atoms with Gasteiger partial charge in [0, 0.05) is 31.1 Å². The van der Waals surface area contributed by atoms with Gasteiger partial charge in [-0.05, 0) is 110 Å². The second-order valence-electron chi connectivity index (χ2n) is 12.8. The Morgan fingerprint density at radius 2 is 1.62 bits per heavy atom. The van der Waals surface area contributed by atoms with Gasteiger partial charge in [0.2, 0.25) is 21.8 Å². The molecule has 6 rings (SSSR count). The third-order valence-electron chi connectivity index (χ3n) is 9.58. The number of H-pyrrole nitrogens is 2. The zero-order valence-corrected chi connectivity index (χ0v) is 28.6. The predicted molar refractivity (Wildman–Crippen MR) is 190 cm³/mol. The van der Waals surface area contributed by atoms with Gasteiger partial charge in [-0.1, -0.05) is 30.3 Å². The highest BCUT2D eigenvalue weighted by atomic mass is 35.5. The number of hydrogen-bond donors (Lipinski definition) is 5. The van der Waals surface area contributed by atoms with Crippen molar-refractivity contribution in [3.63, 3.8) is 0 Å². The maximum absolute atomic E-state index is 13.7. The number of nitrogens with two attached hydrogens (primary N) is 1. The lowest BCUT2D eigenvalue weighted by atomic mass is 9.81. The highest BCUT2D eigenvalue weighted by Crippen LogP contribution is 2.30. The summed E-state index contributed by atoms with van der Waals surface area (Å²) in [6.45, 7) is 3.65. The van der Waals surface area contributed by atoms with Gasteiger partial charge in [-0.25, -0.2) is 13.2 Å². The van der Waals surface area contributed by atoms with Crippen molar-refractivity contribution in [3.05, 3.63) is 82.3 Å². The minimum atomic E-state index is -3.56. The van der Waals surface area contributed by atoms with Gasteiger partial charge in [0.05, 0.1) is 15.9 Å². The standard InChI is InChI=1S/C35H42N6O5S.ClH/c1-22-4-14-28(47(45,46)41-16-2-3-17-41)20-29(22)25-9-5-23(6-10-25)18-32(38-33(42)26-11-7-24(21-36)8-12-26)34(43)37-27-13-15-30-31(19-27)40-35(44)39-30;/h4-6,9-10,13-15,19-20,24,26,32H,2-3,7-8,11-12,16-18,21,36H2,1H3,(H,37,43)(H,38,42)(H2,39,40,44);1H/t24?,26?,32-;/m0./s1. The molecule has 1 saturated heterocycles. The SMILES string of the molecule is Cc1ccc(S(=O)(=O)N2CCCC2)cc1-c1ccc(C[C@H](NC(=O)C2CCC(CN)CC2)C(=O)Nc2ccc3[nH]c(=O)[nH]c3c2)cc1.Cl. The van der Waals surface area contributed by atoms with Gasteiger partial charge in [0.25, 0.3) is 0 Å². The average Bonchev–Trinajstić information content (AvgIpc) is 3.75. The van der Waals surface area contributed by atoms with E-state index < -0.39 is 16.1 Å². The Bertz CT molecular complexity index is 1930. The Hall–Kier alpha value is -3.97. The van der Waals surface area contributed by atoms with Crippen LogP contribution in [-0.4, -0.2) is 60.2 Å².